The number of hydrogen-bond donors (Lipinski definition) is 0. The van der Waals surface area contributed by atoms with E-state index in [1.807, 2.05) is 49.5 Å². The average Bonchev–Trinajstić information content (AvgIpc) is 3.20. The Balaban J connectivity index is 1.16. The minimum absolute atomic E-state index is 0.262. The molecule has 0 aliphatic carbocycles. The van der Waals surface area contributed by atoms with Gasteiger partial charge in [0.2, 0.25) is 0 Å². The molecule has 0 saturated carbocycles. The number of aryl methyl sites for hydroxylation is 1. The van der Waals surface area contributed by atoms with Crippen LogP contribution in [0.25, 0.3) is 89.1 Å². The van der Waals surface area contributed by atoms with Crippen LogP contribution in [-0.4, -0.2) is 29.9 Å². The summed E-state index contributed by atoms with van der Waals surface area (Å²) >= 11 is 0. The van der Waals surface area contributed by atoms with E-state index in [1.165, 1.54) is 0 Å². The Morgan fingerprint density at radius 1 is 0.423 bits per heavy atom. The van der Waals surface area contributed by atoms with Gasteiger partial charge in [-0.25, -0.2) is 15.0 Å². The van der Waals surface area contributed by atoms with Gasteiger partial charge in [0.15, 0.2) is 17.5 Å². The maximum atomic E-state index is 5.12. The summed E-state index contributed by atoms with van der Waals surface area (Å²) in [6, 6.07) is 48.0. The van der Waals surface area contributed by atoms with Crippen LogP contribution in [0.1, 0.15) is 31.2 Å². The van der Waals surface area contributed by atoms with Gasteiger partial charge in [-0.05, 0) is 53.8 Å². The van der Waals surface area contributed by atoms with Gasteiger partial charge in [-0.2, -0.15) is 0 Å². The fourth-order valence-corrected chi connectivity index (χ4v) is 6.84. The van der Waals surface area contributed by atoms with Crippen LogP contribution >= 0.6 is 0 Å². The molecule has 0 amide bonds. The van der Waals surface area contributed by atoms with Crippen molar-refractivity contribution in [3.8, 4) is 56.4 Å². The molecule has 0 bridgehead atoms. The predicted octanol–water partition coefficient (Wildman–Crippen LogP) is 11.3. The fourth-order valence-electron chi connectivity index (χ4n) is 6.84. The number of nitrogens with zero attached hydrogens (tertiary/aromatic N) is 6. The molecule has 6 nitrogen and oxygen atoms in total. The molecule has 52 heavy (non-hydrogen) atoms. The van der Waals surface area contributed by atoms with Crippen LogP contribution < -0.4 is 0 Å². The summed E-state index contributed by atoms with van der Waals surface area (Å²) in [5.74, 6) is 2.11. The second-order valence-electron chi connectivity index (χ2n) is 13.4. The van der Waals surface area contributed by atoms with E-state index < -0.39 is 0 Å². The van der Waals surface area contributed by atoms with Crippen molar-refractivity contribution in [2.75, 3.05) is 0 Å². The number of benzene rings is 5. The van der Waals surface area contributed by atoms with Crippen LogP contribution in [0.4, 0.5) is 0 Å². The third kappa shape index (κ3) is 5.74. The van der Waals surface area contributed by atoms with Crippen molar-refractivity contribution in [1.82, 2.24) is 29.9 Å². The number of rotatable bonds is 6. The normalized spacial score (nSPS) is 11.5. The Kier molecular flexibility index (Phi) is 7.77. The average molecular weight is 671 g/mol. The standard InChI is InChI=1S/C46H34N6/c1-28(2)40-27-39(38-24-23-32-18-17-29(3)48-42(32)43(38)49-40)30-19-21-34(22-20-30)45-50-44(33-10-5-4-6-11-33)51-46(52-45)36-14-7-13-35(26-36)37-16-8-12-31-15-9-25-47-41(31)37/h4-28H,1-3H3. The molecule has 0 aliphatic rings. The van der Waals surface area contributed by atoms with E-state index >= 15 is 0 Å². The highest BCUT2D eigenvalue weighted by Gasteiger charge is 2.17. The number of fused-ring (bicyclic) bond motifs is 4. The smallest absolute Gasteiger partial charge is 0.164 e. The van der Waals surface area contributed by atoms with Crippen LogP contribution in [0.2, 0.25) is 0 Å². The summed E-state index contributed by atoms with van der Waals surface area (Å²) in [7, 11) is 0. The van der Waals surface area contributed by atoms with E-state index in [0.29, 0.717) is 17.5 Å². The van der Waals surface area contributed by atoms with Gasteiger partial charge in [-0.1, -0.05) is 129 Å². The van der Waals surface area contributed by atoms with E-state index in [9.17, 15) is 0 Å². The van der Waals surface area contributed by atoms with E-state index in [2.05, 4.69) is 117 Å². The lowest BCUT2D eigenvalue weighted by Crippen LogP contribution is -2.00. The summed E-state index contributed by atoms with van der Waals surface area (Å²) in [4.78, 5) is 29.8. The first-order valence-electron chi connectivity index (χ1n) is 17.6. The second kappa shape index (κ2) is 12.9. The van der Waals surface area contributed by atoms with Gasteiger partial charge in [-0.15, -0.1) is 0 Å². The molecular formula is C46H34N6. The monoisotopic (exact) mass is 670 g/mol. The largest absolute Gasteiger partial charge is 0.256 e. The second-order valence-corrected chi connectivity index (χ2v) is 13.4. The van der Waals surface area contributed by atoms with Gasteiger partial charge in [0.1, 0.15) is 0 Å². The van der Waals surface area contributed by atoms with Crippen molar-refractivity contribution in [2.45, 2.75) is 26.7 Å². The third-order valence-electron chi connectivity index (χ3n) is 9.58. The molecule has 0 spiro atoms. The van der Waals surface area contributed by atoms with Crippen molar-refractivity contribution in [1.29, 1.82) is 0 Å². The molecule has 248 valence electrons. The Labute approximate surface area is 302 Å². The quantitative estimate of drug-likeness (QED) is 0.164. The topological polar surface area (TPSA) is 77.3 Å². The maximum Gasteiger partial charge on any atom is 0.164 e. The van der Waals surface area contributed by atoms with Crippen LogP contribution in [0.15, 0.2) is 146 Å². The van der Waals surface area contributed by atoms with Gasteiger partial charge in [0.05, 0.1) is 16.6 Å². The number of para-hydroxylation sites is 1. The summed E-state index contributed by atoms with van der Waals surface area (Å²) in [5, 5.41) is 3.27. The lowest BCUT2D eigenvalue weighted by molar-refractivity contribution is 0.831. The fraction of sp³-hybridized carbons (Fsp3) is 0.0870. The van der Waals surface area contributed by atoms with Gasteiger partial charge in [0.25, 0.3) is 0 Å². The van der Waals surface area contributed by atoms with E-state index in [1.54, 1.807) is 0 Å². The number of hydrogen-bond acceptors (Lipinski definition) is 6. The molecule has 9 aromatic rings. The SMILES string of the molecule is Cc1ccc2ccc3c(-c4ccc(-c5nc(-c6ccccc6)nc(-c6cccc(-c7cccc8cccnc78)c6)n5)cc4)cc(C(C)C)nc3c2n1. The number of pyridine rings is 3. The van der Waals surface area contributed by atoms with Gasteiger partial charge < -0.3 is 0 Å². The lowest BCUT2D eigenvalue weighted by atomic mass is 9.95. The molecule has 0 radical (unpaired) electrons. The Morgan fingerprint density at radius 3 is 1.85 bits per heavy atom. The van der Waals surface area contributed by atoms with Crippen LogP contribution in [0.3, 0.4) is 0 Å². The first-order valence-corrected chi connectivity index (χ1v) is 17.6. The minimum Gasteiger partial charge on any atom is -0.256 e. The highest BCUT2D eigenvalue weighted by molar-refractivity contribution is 6.08. The zero-order valence-corrected chi connectivity index (χ0v) is 29.1. The molecule has 5 aromatic carbocycles. The molecule has 9 rings (SSSR count). The van der Waals surface area contributed by atoms with Crippen molar-refractivity contribution in [2.24, 2.45) is 0 Å². The summed E-state index contributed by atoms with van der Waals surface area (Å²) in [6.07, 6.45) is 1.84. The molecule has 6 heteroatoms. The Bertz CT molecular complexity index is 2770. The van der Waals surface area contributed by atoms with E-state index in [4.69, 9.17) is 29.9 Å². The summed E-state index contributed by atoms with van der Waals surface area (Å²) in [5.41, 5.74) is 11.9. The summed E-state index contributed by atoms with van der Waals surface area (Å²) < 4.78 is 0. The highest BCUT2D eigenvalue weighted by atomic mass is 15.0. The zero-order chi connectivity index (χ0) is 35.2. The molecule has 0 unspecified atom stereocenters. The van der Waals surface area contributed by atoms with Crippen molar-refractivity contribution in [3.63, 3.8) is 0 Å². The molecular weight excluding hydrogens is 637 g/mol. The zero-order valence-electron chi connectivity index (χ0n) is 29.1. The molecule has 4 heterocycles. The Hall–Kier alpha value is -6.66. The van der Waals surface area contributed by atoms with Crippen molar-refractivity contribution >= 4 is 32.7 Å². The summed E-state index contributed by atoms with van der Waals surface area (Å²) in [6.45, 7) is 6.39. The Morgan fingerprint density at radius 2 is 1.06 bits per heavy atom. The van der Waals surface area contributed by atoms with Crippen molar-refractivity contribution < 1.29 is 0 Å². The molecule has 0 saturated heterocycles. The maximum absolute atomic E-state index is 5.12. The highest BCUT2D eigenvalue weighted by Crippen LogP contribution is 2.36. The first-order chi connectivity index (χ1) is 25.5. The van der Waals surface area contributed by atoms with Crippen LogP contribution in [0.5, 0.6) is 0 Å². The lowest BCUT2D eigenvalue weighted by Gasteiger charge is -2.14. The van der Waals surface area contributed by atoms with Crippen LogP contribution in [0, 0.1) is 6.92 Å². The van der Waals surface area contributed by atoms with Crippen LogP contribution in [-0.2, 0) is 0 Å². The van der Waals surface area contributed by atoms with E-state index in [-0.39, 0.29) is 5.92 Å². The molecule has 0 fully saturated rings. The minimum atomic E-state index is 0.262. The molecule has 0 N–H and O–H groups in total. The molecule has 0 atom stereocenters. The number of aromatic nitrogens is 6. The van der Waals surface area contributed by atoms with Gasteiger partial charge >= 0.3 is 0 Å². The van der Waals surface area contributed by atoms with E-state index in [0.717, 1.165) is 83.0 Å². The van der Waals surface area contributed by atoms with Crippen molar-refractivity contribution in [3.05, 3.63) is 157 Å². The van der Waals surface area contributed by atoms with Gasteiger partial charge in [-0.3, -0.25) is 15.0 Å². The predicted molar refractivity (Wildman–Crippen MR) is 212 cm³/mol. The molecule has 0 aliphatic heterocycles. The molecule has 4 aromatic heterocycles. The van der Waals surface area contributed by atoms with Gasteiger partial charge in [0, 0.05) is 56.0 Å². The third-order valence-corrected chi connectivity index (χ3v) is 9.58. The first kappa shape index (κ1) is 31.3.